The lowest BCUT2D eigenvalue weighted by molar-refractivity contribution is -0.0532. The van der Waals surface area contributed by atoms with Gasteiger partial charge in [0.2, 0.25) is 0 Å². The Bertz CT molecular complexity index is 280. The van der Waals surface area contributed by atoms with Crippen LogP contribution < -0.4 is 0 Å². The zero-order valence-corrected chi connectivity index (χ0v) is 7.27. The summed E-state index contributed by atoms with van der Waals surface area (Å²) in [6, 6.07) is 0. The van der Waals surface area contributed by atoms with Crippen molar-refractivity contribution in [2.75, 3.05) is 19.7 Å². The Labute approximate surface area is 73.0 Å². The quantitative estimate of drug-likeness (QED) is 0.697. The molecule has 1 saturated heterocycles. The summed E-state index contributed by atoms with van der Waals surface area (Å²) >= 11 is 0. The molecule has 0 radical (unpaired) electrons. The first-order chi connectivity index (χ1) is 5.79. The van der Waals surface area contributed by atoms with E-state index >= 15 is 0 Å². The summed E-state index contributed by atoms with van der Waals surface area (Å²) in [4.78, 5) is 0. The number of hydrogen-bond acceptors (Lipinski definition) is 3. The van der Waals surface area contributed by atoms with Gasteiger partial charge in [-0.1, -0.05) is 0 Å². The zero-order chi connectivity index (χ0) is 10.3. The second-order valence-electron chi connectivity index (χ2n) is 2.82. The normalized spacial score (nSPS) is 21.5. The summed E-state index contributed by atoms with van der Waals surface area (Å²) < 4.78 is 57.1. The highest BCUT2D eigenvalue weighted by molar-refractivity contribution is 7.90. The molecule has 0 unspecified atom stereocenters. The Kier molecular flexibility index (Phi) is 2.56. The van der Waals surface area contributed by atoms with Crippen LogP contribution in [-0.2, 0) is 10.0 Å². The van der Waals surface area contributed by atoms with Gasteiger partial charge in [-0.25, -0.2) is 8.42 Å². The van der Waals surface area contributed by atoms with E-state index < -0.39 is 15.5 Å². The average Bonchev–Trinajstić information content (AvgIpc) is 1.81. The number of hydrogen-bond donors (Lipinski definition) is 1. The summed E-state index contributed by atoms with van der Waals surface area (Å²) in [5.41, 5.74) is -5.23. The molecular formula is C5H8F3NO3S. The SMILES string of the molecule is O=S(=O)(N1CC(CO)C1)C(F)(F)F. The van der Waals surface area contributed by atoms with Crippen molar-refractivity contribution in [2.45, 2.75) is 5.51 Å². The Balaban J connectivity index is 2.66. The van der Waals surface area contributed by atoms with E-state index in [0.717, 1.165) is 0 Å². The number of aliphatic hydroxyl groups is 1. The molecule has 78 valence electrons. The van der Waals surface area contributed by atoms with Gasteiger partial charge in [0.25, 0.3) is 0 Å². The van der Waals surface area contributed by atoms with Crippen LogP contribution in [0.15, 0.2) is 0 Å². The molecule has 0 aromatic carbocycles. The van der Waals surface area contributed by atoms with E-state index in [0.29, 0.717) is 4.31 Å². The molecule has 1 heterocycles. The number of nitrogens with zero attached hydrogens (tertiary/aromatic N) is 1. The highest BCUT2D eigenvalue weighted by atomic mass is 32.2. The minimum atomic E-state index is -5.23. The summed E-state index contributed by atoms with van der Waals surface area (Å²) in [6.45, 7) is -0.791. The van der Waals surface area contributed by atoms with Crippen molar-refractivity contribution in [2.24, 2.45) is 5.92 Å². The van der Waals surface area contributed by atoms with Crippen molar-refractivity contribution in [1.29, 1.82) is 0 Å². The van der Waals surface area contributed by atoms with Crippen LogP contribution in [0.25, 0.3) is 0 Å². The first kappa shape index (κ1) is 10.7. The molecule has 1 aliphatic rings. The molecule has 8 heteroatoms. The van der Waals surface area contributed by atoms with Crippen LogP contribution in [-0.4, -0.2) is 43.0 Å². The van der Waals surface area contributed by atoms with Gasteiger partial charge in [-0.3, -0.25) is 0 Å². The van der Waals surface area contributed by atoms with Crippen molar-refractivity contribution in [1.82, 2.24) is 4.31 Å². The molecular weight excluding hydrogens is 211 g/mol. The molecule has 1 rings (SSSR count). The highest BCUT2D eigenvalue weighted by Crippen LogP contribution is 2.31. The number of rotatable bonds is 2. The number of alkyl halides is 3. The molecule has 13 heavy (non-hydrogen) atoms. The maximum absolute atomic E-state index is 11.8. The molecule has 1 N–H and O–H groups in total. The predicted octanol–water partition coefficient (Wildman–Crippen LogP) is -0.240. The Morgan fingerprint density at radius 3 is 2.15 bits per heavy atom. The molecule has 0 aromatic heterocycles. The fraction of sp³-hybridized carbons (Fsp3) is 1.00. The fourth-order valence-corrected chi connectivity index (χ4v) is 2.09. The molecule has 0 spiro atoms. The van der Waals surface area contributed by atoms with Crippen LogP contribution in [0.5, 0.6) is 0 Å². The zero-order valence-electron chi connectivity index (χ0n) is 6.45. The molecule has 0 aliphatic carbocycles. The van der Waals surface area contributed by atoms with E-state index in [9.17, 15) is 21.6 Å². The second kappa shape index (κ2) is 3.10. The average molecular weight is 219 g/mol. The van der Waals surface area contributed by atoms with Gasteiger partial charge in [0.15, 0.2) is 0 Å². The second-order valence-corrected chi connectivity index (χ2v) is 4.75. The van der Waals surface area contributed by atoms with E-state index in [1.807, 2.05) is 0 Å². The lowest BCUT2D eigenvalue weighted by Gasteiger charge is -2.36. The van der Waals surface area contributed by atoms with Crippen molar-refractivity contribution < 1.29 is 26.7 Å². The van der Waals surface area contributed by atoms with Gasteiger partial charge >= 0.3 is 15.5 Å². The van der Waals surface area contributed by atoms with Crippen LogP contribution in [0, 0.1) is 5.92 Å². The largest absolute Gasteiger partial charge is 0.511 e. The first-order valence-corrected chi connectivity index (χ1v) is 4.90. The third-order valence-electron chi connectivity index (χ3n) is 1.81. The third-order valence-corrected chi connectivity index (χ3v) is 3.38. The first-order valence-electron chi connectivity index (χ1n) is 3.46. The van der Waals surface area contributed by atoms with Crippen molar-refractivity contribution >= 4 is 10.0 Å². The van der Waals surface area contributed by atoms with Crippen LogP contribution in [0.4, 0.5) is 13.2 Å². The van der Waals surface area contributed by atoms with E-state index in [1.54, 1.807) is 0 Å². The minimum Gasteiger partial charge on any atom is -0.396 e. The van der Waals surface area contributed by atoms with E-state index in [1.165, 1.54) is 0 Å². The summed E-state index contributed by atoms with van der Waals surface area (Å²) in [5.74, 6) is -0.364. The Hall–Kier alpha value is -0.340. The van der Waals surface area contributed by atoms with Gasteiger partial charge in [-0.2, -0.15) is 17.5 Å². The molecule has 1 fully saturated rings. The number of sulfonamides is 1. The van der Waals surface area contributed by atoms with Gasteiger partial charge in [-0.15, -0.1) is 0 Å². The monoisotopic (exact) mass is 219 g/mol. The Morgan fingerprint density at radius 2 is 1.85 bits per heavy atom. The molecule has 0 atom stereocenters. The smallest absolute Gasteiger partial charge is 0.396 e. The van der Waals surface area contributed by atoms with Crippen molar-refractivity contribution in [3.05, 3.63) is 0 Å². The third kappa shape index (κ3) is 1.79. The summed E-state index contributed by atoms with van der Waals surface area (Å²) in [6.07, 6.45) is 0. The lowest BCUT2D eigenvalue weighted by Crippen LogP contribution is -2.54. The van der Waals surface area contributed by atoms with E-state index in [4.69, 9.17) is 5.11 Å². The molecule has 0 saturated carbocycles. The fourth-order valence-electron chi connectivity index (χ4n) is 0.981. The summed E-state index contributed by atoms with van der Waals surface area (Å²) in [7, 11) is -5.16. The summed E-state index contributed by atoms with van der Waals surface area (Å²) in [5, 5.41) is 8.47. The van der Waals surface area contributed by atoms with Crippen LogP contribution in [0.2, 0.25) is 0 Å². The van der Waals surface area contributed by atoms with Crippen molar-refractivity contribution in [3.63, 3.8) is 0 Å². The topological polar surface area (TPSA) is 57.6 Å². The number of halogens is 3. The standard InChI is InChI=1S/C5H8F3NO3S/c6-5(7,8)13(11,12)9-1-4(2-9)3-10/h4,10H,1-3H2. The highest BCUT2D eigenvalue weighted by Gasteiger charge is 2.53. The van der Waals surface area contributed by atoms with Gasteiger partial charge in [0.1, 0.15) is 0 Å². The maximum atomic E-state index is 11.8. The van der Waals surface area contributed by atoms with Gasteiger partial charge < -0.3 is 5.11 Å². The molecule has 1 aliphatic heterocycles. The van der Waals surface area contributed by atoms with Gasteiger partial charge in [0, 0.05) is 25.6 Å². The van der Waals surface area contributed by atoms with Gasteiger partial charge in [0.05, 0.1) is 0 Å². The molecule has 0 bridgehead atoms. The minimum absolute atomic E-state index is 0.252. The number of aliphatic hydroxyl groups excluding tert-OH is 1. The van der Waals surface area contributed by atoms with Crippen LogP contribution >= 0.6 is 0 Å². The molecule has 4 nitrogen and oxygen atoms in total. The van der Waals surface area contributed by atoms with E-state index in [-0.39, 0.29) is 25.6 Å². The van der Waals surface area contributed by atoms with Crippen molar-refractivity contribution in [3.8, 4) is 0 Å². The maximum Gasteiger partial charge on any atom is 0.511 e. The molecule has 0 aromatic rings. The Morgan fingerprint density at radius 1 is 1.38 bits per heavy atom. The lowest BCUT2D eigenvalue weighted by atomic mass is 10.1. The van der Waals surface area contributed by atoms with E-state index in [2.05, 4.69) is 0 Å². The predicted molar refractivity (Wildman–Crippen MR) is 37.1 cm³/mol. The van der Waals surface area contributed by atoms with Crippen LogP contribution in [0.3, 0.4) is 0 Å². The van der Waals surface area contributed by atoms with Gasteiger partial charge in [-0.05, 0) is 0 Å². The molecule has 0 amide bonds. The van der Waals surface area contributed by atoms with Crippen LogP contribution in [0.1, 0.15) is 0 Å².